The first-order valence-corrected chi connectivity index (χ1v) is 7.77. The van der Waals surface area contributed by atoms with Crippen molar-refractivity contribution >= 4 is 11.7 Å². The Morgan fingerprint density at radius 1 is 1.40 bits per heavy atom. The standard InChI is InChI=1S/C15H29N3O2/c1-4-6-12-7-5-9-18(10-8-12)15(19)13(11(2)3)14(16)17-20/h11-13,20H,4-10H2,1-3H3,(H2,16,17). The van der Waals surface area contributed by atoms with Gasteiger partial charge in [-0.05, 0) is 31.1 Å². The number of carbonyl (C=O) groups excluding carboxylic acids is 1. The van der Waals surface area contributed by atoms with Gasteiger partial charge in [-0.2, -0.15) is 0 Å². The zero-order valence-corrected chi connectivity index (χ0v) is 13.0. The second-order valence-corrected chi connectivity index (χ2v) is 6.16. The molecule has 0 radical (unpaired) electrons. The van der Waals surface area contributed by atoms with Gasteiger partial charge in [0.05, 0.1) is 0 Å². The van der Waals surface area contributed by atoms with Crippen molar-refractivity contribution in [3.63, 3.8) is 0 Å². The molecule has 1 aliphatic heterocycles. The highest BCUT2D eigenvalue weighted by molar-refractivity contribution is 6.02. The van der Waals surface area contributed by atoms with E-state index in [-0.39, 0.29) is 17.7 Å². The Kier molecular flexibility index (Phi) is 6.82. The monoisotopic (exact) mass is 283 g/mol. The van der Waals surface area contributed by atoms with Gasteiger partial charge in [0.2, 0.25) is 5.91 Å². The highest BCUT2D eigenvalue weighted by atomic mass is 16.4. The van der Waals surface area contributed by atoms with Crippen molar-refractivity contribution in [1.29, 1.82) is 0 Å². The van der Waals surface area contributed by atoms with Crippen LogP contribution in [0.25, 0.3) is 0 Å². The van der Waals surface area contributed by atoms with Gasteiger partial charge in [-0.1, -0.05) is 38.8 Å². The quantitative estimate of drug-likeness (QED) is 0.352. The number of amides is 1. The van der Waals surface area contributed by atoms with Crippen LogP contribution in [0, 0.1) is 17.8 Å². The average molecular weight is 283 g/mol. The van der Waals surface area contributed by atoms with Crippen molar-refractivity contribution in [3.05, 3.63) is 0 Å². The summed E-state index contributed by atoms with van der Waals surface area (Å²) in [7, 11) is 0. The van der Waals surface area contributed by atoms with E-state index in [1.807, 2.05) is 18.7 Å². The molecule has 0 spiro atoms. The lowest BCUT2D eigenvalue weighted by Crippen LogP contribution is -2.44. The molecule has 1 fully saturated rings. The zero-order chi connectivity index (χ0) is 15.1. The van der Waals surface area contributed by atoms with Crippen LogP contribution in [0.2, 0.25) is 0 Å². The van der Waals surface area contributed by atoms with Crippen LogP contribution in [-0.2, 0) is 4.79 Å². The van der Waals surface area contributed by atoms with Crippen molar-refractivity contribution in [1.82, 2.24) is 4.90 Å². The first-order valence-electron chi connectivity index (χ1n) is 7.77. The lowest BCUT2D eigenvalue weighted by atomic mass is 9.93. The fourth-order valence-electron chi connectivity index (χ4n) is 3.09. The van der Waals surface area contributed by atoms with Crippen LogP contribution < -0.4 is 5.73 Å². The highest BCUT2D eigenvalue weighted by Crippen LogP contribution is 2.24. The molecule has 20 heavy (non-hydrogen) atoms. The molecule has 2 atom stereocenters. The van der Waals surface area contributed by atoms with Crippen LogP contribution in [0.4, 0.5) is 0 Å². The summed E-state index contributed by atoms with van der Waals surface area (Å²) in [6.45, 7) is 7.66. The van der Waals surface area contributed by atoms with E-state index in [1.165, 1.54) is 19.3 Å². The number of likely N-dealkylation sites (tertiary alicyclic amines) is 1. The number of oxime groups is 1. The number of rotatable bonds is 5. The van der Waals surface area contributed by atoms with Crippen LogP contribution >= 0.6 is 0 Å². The number of nitrogens with two attached hydrogens (primary N) is 1. The fraction of sp³-hybridized carbons (Fsp3) is 0.867. The summed E-state index contributed by atoms with van der Waals surface area (Å²) < 4.78 is 0. The minimum atomic E-state index is -0.511. The molecule has 3 N–H and O–H groups in total. The molecule has 1 rings (SSSR count). The number of hydrogen-bond acceptors (Lipinski definition) is 3. The summed E-state index contributed by atoms with van der Waals surface area (Å²) in [5.41, 5.74) is 5.69. The van der Waals surface area contributed by atoms with E-state index in [0.29, 0.717) is 0 Å². The summed E-state index contributed by atoms with van der Waals surface area (Å²) in [4.78, 5) is 14.5. The van der Waals surface area contributed by atoms with Gasteiger partial charge in [0, 0.05) is 13.1 Å². The Morgan fingerprint density at radius 3 is 2.65 bits per heavy atom. The number of hydrogen-bond donors (Lipinski definition) is 2. The summed E-state index contributed by atoms with van der Waals surface area (Å²) in [5, 5.41) is 11.9. The van der Waals surface area contributed by atoms with Gasteiger partial charge >= 0.3 is 0 Å². The molecule has 1 aliphatic rings. The van der Waals surface area contributed by atoms with E-state index in [9.17, 15) is 4.79 Å². The molecule has 2 unspecified atom stereocenters. The van der Waals surface area contributed by atoms with Gasteiger partial charge in [0.1, 0.15) is 5.92 Å². The van der Waals surface area contributed by atoms with Crippen LogP contribution in [0.15, 0.2) is 5.16 Å². The SMILES string of the molecule is CCCC1CCCN(C(=O)C(C(N)=NO)C(C)C)CC1. The maximum absolute atomic E-state index is 12.6. The molecule has 1 amide bonds. The summed E-state index contributed by atoms with van der Waals surface area (Å²) >= 11 is 0. The molecular weight excluding hydrogens is 254 g/mol. The Hall–Kier alpha value is -1.26. The van der Waals surface area contributed by atoms with Gasteiger partial charge in [0.15, 0.2) is 5.84 Å². The largest absolute Gasteiger partial charge is 0.409 e. The molecule has 1 saturated heterocycles. The Labute approximate surface area is 122 Å². The third-order valence-electron chi connectivity index (χ3n) is 4.22. The minimum Gasteiger partial charge on any atom is -0.409 e. The third-order valence-corrected chi connectivity index (χ3v) is 4.22. The molecule has 5 heteroatoms. The second kappa shape index (κ2) is 8.12. The van der Waals surface area contributed by atoms with Crippen molar-refractivity contribution in [3.8, 4) is 0 Å². The molecule has 0 aliphatic carbocycles. The van der Waals surface area contributed by atoms with E-state index in [1.54, 1.807) is 0 Å². The van der Waals surface area contributed by atoms with Gasteiger partial charge in [-0.15, -0.1) is 0 Å². The predicted molar refractivity (Wildman–Crippen MR) is 80.6 cm³/mol. The van der Waals surface area contributed by atoms with Crippen LogP contribution in [0.1, 0.15) is 52.9 Å². The molecule has 0 bridgehead atoms. The fourth-order valence-corrected chi connectivity index (χ4v) is 3.09. The maximum Gasteiger partial charge on any atom is 0.233 e. The molecule has 0 saturated carbocycles. The highest BCUT2D eigenvalue weighted by Gasteiger charge is 2.31. The number of carbonyl (C=O) groups is 1. The van der Waals surface area contributed by atoms with E-state index in [4.69, 9.17) is 10.9 Å². The lowest BCUT2D eigenvalue weighted by molar-refractivity contribution is -0.134. The van der Waals surface area contributed by atoms with Gasteiger partial charge in [-0.3, -0.25) is 4.79 Å². The Bertz CT molecular complexity index is 342. The minimum absolute atomic E-state index is 0.00690. The van der Waals surface area contributed by atoms with Crippen molar-refractivity contribution in [2.45, 2.75) is 52.9 Å². The van der Waals surface area contributed by atoms with Crippen molar-refractivity contribution < 1.29 is 10.0 Å². The smallest absolute Gasteiger partial charge is 0.233 e. The predicted octanol–water partition coefficient (Wildman–Crippen LogP) is 2.43. The Morgan fingerprint density at radius 2 is 2.10 bits per heavy atom. The first kappa shape index (κ1) is 16.8. The molecule has 0 aromatic rings. The van der Waals surface area contributed by atoms with E-state index in [0.717, 1.165) is 31.8 Å². The molecule has 5 nitrogen and oxygen atoms in total. The average Bonchev–Trinajstić information content (AvgIpc) is 2.64. The third kappa shape index (κ3) is 4.39. The summed E-state index contributed by atoms with van der Waals surface area (Å²) in [6, 6.07) is 0. The van der Waals surface area contributed by atoms with Crippen LogP contribution in [0.3, 0.4) is 0 Å². The van der Waals surface area contributed by atoms with Crippen molar-refractivity contribution in [2.75, 3.05) is 13.1 Å². The molecule has 0 aromatic heterocycles. The van der Waals surface area contributed by atoms with E-state index < -0.39 is 5.92 Å². The van der Waals surface area contributed by atoms with Gasteiger partial charge in [0.25, 0.3) is 0 Å². The van der Waals surface area contributed by atoms with Gasteiger partial charge in [-0.25, -0.2) is 0 Å². The normalized spacial score (nSPS) is 22.7. The van der Waals surface area contributed by atoms with Gasteiger partial charge < -0.3 is 15.8 Å². The molecule has 1 heterocycles. The summed E-state index contributed by atoms with van der Waals surface area (Å²) in [6.07, 6.45) is 5.78. The second-order valence-electron chi connectivity index (χ2n) is 6.16. The topological polar surface area (TPSA) is 78.9 Å². The lowest BCUT2D eigenvalue weighted by Gasteiger charge is -2.27. The Balaban J connectivity index is 2.70. The van der Waals surface area contributed by atoms with Crippen LogP contribution in [-0.4, -0.2) is 34.9 Å². The summed E-state index contributed by atoms with van der Waals surface area (Å²) in [5.74, 6) is 0.293. The molecule has 0 aromatic carbocycles. The van der Waals surface area contributed by atoms with E-state index >= 15 is 0 Å². The zero-order valence-electron chi connectivity index (χ0n) is 13.0. The van der Waals surface area contributed by atoms with Crippen molar-refractivity contribution in [2.24, 2.45) is 28.6 Å². The first-order chi connectivity index (χ1) is 9.51. The molecule has 116 valence electrons. The molecular formula is C15H29N3O2. The maximum atomic E-state index is 12.6. The van der Waals surface area contributed by atoms with E-state index in [2.05, 4.69) is 12.1 Å². The number of nitrogens with zero attached hydrogens (tertiary/aromatic N) is 2. The number of amidine groups is 1. The van der Waals surface area contributed by atoms with Crippen LogP contribution in [0.5, 0.6) is 0 Å².